The van der Waals surface area contributed by atoms with Gasteiger partial charge in [-0.3, -0.25) is 4.79 Å². The minimum absolute atomic E-state index is 0.228. The number of amides is 1. The molecule has 23 heavy (non-hydrogen) atoms. The fourth-order valence-electron chi connectivity index (χ4n) is 2.39. The lowest BCUT2D eigenvalue weighted by Crippen LogP contribution is -2.15. The number of carbonyl (C=O) groups is 1. The Bertz CT molecular complexity index is 650. The highest BCUT2D eigenvalue weighted by molar-refractivity contribution is 6.03. The van der Waals surface area contributed by atoms with Crippen LogP contribution >= 0.6 is 0 Å². The summed E-state index contributed by atoms with van der Waals surface area (Å²) in [7, 11) is 0. The molecule has 0 aliphatic rings. The van der Waals surface area contributed by atoms with Crippen molar-refractivity contribution in [3.05, 3.63) is 47.3 Å². The van der Waals surface area contributed by atoms with Crippen molar-refractivity contribution in [2.24, 2.45) is 0 Å². The van der Waals surface area contributed by atoms with Gasteiger partial charge in [-0.05, 0) is 49.6 Å². The largest absolute Gasteiger partial charge is 0.354 e. The summed E-state index contributed by atoms with van der Waals surface area (Å²) in [5, 5.41) is 6.04. The third-order valence-electron chi connectivity index (χ3n) is 3.43. The summed E-state index contributed by atoms with van der Waals surface area (Å²) >= 11 is 0. The van der Waals surface area contributed by atoms with Crippen molar-refractivity contribution in [3.63, 3.8) is 0 Å². The van der Waals surface area contributed by atoms with Gasteiger partial charge in [-0.25, -0.2) is 9.97 Å². The van der Waals surface area contributed by atoms with Gasteiger partial charge in [0, 0.05) is 18.4 Å². The topological polar surface area (TPSA) is 66.9 Å². The number of unbranched alkanes of at least 4 members (excludes halogenated alkanes) is 2. The number of rotatable bonds is 7. The molecule has 0 unspecified atom stereocenters. The van der Waals surface area contributed by atoms with Crippen LogP contribution in [0, 0.1) is 13.8 Å². The fourth-order valence-corrected chi connectivity index (χ4v) is 2.39. The highest BCUT2D eigenvalue weighted by Crippen LogP contribution is 2.14. The molecule has 1 amide bonds. The molecule has 1 heterocycles. The smallest absolute Gasteiger partial charge is 0.274 e. The Morgan fingerprint density at radius 2 is 1.87 bits per heavy atom. The first kappa shape index (κ1) is 16.9. The van der Waals surface area contributed by atoms with Gasteiger partial charge in [0.25, 0.3) is 5.91 Å². The quantitative estimate of drug-likeness (QED) is 0.760. The van der Waals surface area contributed by atoms with E-state index in [0.717, 1.165) is 29.8 Å². The second-order valence-electron chi connectivity index (χ2n) is 5.73. The van der Waals surface area contributed by atoms with Crippen molar-refractivity contribution in [3.8, 4) is 0 Å². The first-order valence-corrected chi connectivity index (χ1v) is 8.05. The summed E-state index contributed by atoms with van der Waals surface area (Å²) < 4.78 is 0. The molecule has 0 saturated heterocycles. The third kappa shape index (κ3) is 5.36. The van der Waals surface area contributed by atoms with Crippen LogP contribution in [0.25, 0.3) is 0 Å². The van der Waals surface area contributed by atoms with Crippen LogP contribution < -0.4 is 10.6 Å². The maximum Gasteiger partial charge on any atom is 0.274 e. The molecule has 0 aliphatic carbocycles. The summed E-state index contributed by atoms with van der Waals surface area (Å²) in [5.41, 5.74) is 3.36. The molecule has 2 aromatic rings. The standard InChI is InChI=1S/C18H24N4O/c1-4-5-6-8-19-18-20-9-7-16(22-18)17(23)21-15-11-13(2)10-14(3)12-15/h7,9-12H,4-6,8H2,1-3H3,(H,21,23)(H,19,20,22). The van der Waals surface area contributed by atoms with E-state index in [0.29, 0.717) is 11.6 Å². The van der Waals surface area contributed by atoms with E-state index in [4.69, 9.17) is 0 Å². The molecule has 0 atom stereocenters. The van der Waals surface area contributed by atoms with Gasteiger partial charge in [0.15, 0.2) is 0 Å². The van der Waals surface area contributed by atoms with Gasteiger partial charge in [-0.2, -0.15) is 0 Å². The van der Waals surface area contributed by atoms with E-state index in [-0.39, 0.29) is 5.91 Å². The molecule has 122 valence electrons. The minimum atomic E-state index is -0.228. The molecule has 0 spiro atoms. The third-order valence-corrected chi connectivity index (χ3v) is 3.43. The number of hydrogen-bond donors (Lipinski definition) is 2. The van der Waals surface area contributed by atoms with Crippen LogP contribution in [0.1, 0.15) is 47.8 Å². The van der Waals surface area contributed by atoms with Gasteiger partial charge >= 0.3 is 0 Å². The van der Waals surface area contributed by atoms with E-state index < -0.39 is 0 Å². The zero-order chi connectivity index (χ0) is 16.7. The Morgan fingerprint density at radius 3 is 2.57 bits per heavy atom. The zero-order valence-corrected chi connectivity index (χ0v) is 14.0. The fraction of sp³-hybridized carbons (Fsp3) is 0.389. The SMILES string of the molecule is CCCCCNc1nccc(C(=O)Nc2cc(C)cc(C)c2)n1. The first-order valence-electron chi connectivity index (χ1n) is 8.05. The number of nitrogens with one attached hydrogen (secondary N) is 2. The van der Waals surface area contributed by atoms with Crippen LogP contribution in [0.5, 0.6) is 0 Å². The van der Waals surface area contributed by atoms with Crippen LogP contribution in [-0.4, -0.2) is 22.4 Å². The molecule has 0 bridgehead atoms. The summed E-state index contributed by atoms with van der Waals surface area (Å²) in [6.07, 6.45) is 5.01. The van der Waals surface area contributed by atoms with Gasteiger partial charge in [0.2, 0.25) is 5.95 Å². The molecular weight excluding hydrogens is 288 g/mol. The van der Waals surface area contributed by atoms with Crippen molar-refractivity contribution < 1.29 is 4.79 Å². The lowest BCUT2D eigenvalue weighted by Gasteiger charge is -2.08. The maximum atomic E-state index is 12.3. The highest BCUT2D eigenvalue weighted by Gasteiger charge is 2.09. The molecular formula is C18H24N4O. The Labute approximate surface area is 137 Å². The number of benzene rings is 1. The van der Waals surface area contributed by atoms with Gasteiger partial charge in [-0.1, -0.05) is 25.8 Å². The van der Waals surface area contributed by atoms with E-state index in [9.17, 15) is 4.79 Å². The molecule has 1 aromatic heterocycles. The second-order valence-corrected chi connectivity index (χ2v) is 5.73. The van der Waals surface area contributed by atoms with Gasteiger partial charge in [-0.15, -0.1) is 0 Å². The maximum absolute atomic E-state index is 12.3. The molecule has 0 aliphatic heterocycles. The number of aromatic nitrogens is 2. The molecule has 1 aromatic carbocycles. The normalized spacial score (nSPS) is 10.4. The van der Waals surface area contributed by atoms with Crippen molar-refractivity contribution in [2.45, 2.75) is 40.0 Å². The number of aryl methyl sites for hydroxylation is 2. The monoisotopic (exact) mass is 312 g/mol. The summed E-state index contributed by atoms with van der Waals surface area (Å²) in [6.45, 7) is 6.99. The second kappa shape index (κ2) is 8.27. The predicted molar refractivity (Wildman–Crippen MR) is 93.9 cm³/mol. The van der Waals surface area contributed by atoms with Crippen LogP contribution in [0.3, 0.4) is 0 Å². The van der Waals surface area contributed by atoms with Crippen LogP contribution in [0.2, 0.25) is 0 Å². The van der Waals surface area contributed by atoms with E-state index in [2.05, 4.69) is 33.6 Å². The van der Waals surface area contributed by atoms with E-state index >= 15 is 0 Å². The molecule has 2 N–H and O–H groups in total. The van der Waals surface area contributed by atoms with Crippen LogP contribution in [0.4, 0.5) is 11.6 Å². The average molecular weight is 312 g/mol. The molecule has 0 saturated carbocycles. The van der Waals surface area contributed by atoms with Gasteiger partial charge in [0.1, 0.15) is 5.69 Å². The molecule has 5 heteroatoms. The van der Waals surface area contributed by atoms with Gasteiger partial charge < -0.3 is 10.6 Å². The van der Waals surface area contributed by atoms with Crippen molar-refractivity contribution in [1.82, 2.24) is 9.97 Å². The van der Waals surface area contributed by atoms with Crippen LogP contribution in [0.15, 0.2) is 30.5 Å². The zero-order valence-electron chi connectivity index (χ0n) is 14.0. The molecule has 0 radical (unpaired) electrons. The predicted octanol–water partition coefficient (Wildman–Crippen LogP) is 3.95. The molecule has 2 rings (SSSR count). The minimum Gasteiger partial charge on any atom is -0.354 e. The highest BCUT2D eigenvalue weighted by atomic mass is 16.1. The lowest BCUT2D eigenvalue weighted by molar-refractivity contribution is 0.102. The molecule has 0 fully saturated rings. The van der Waals surface area contributed by atoms with Crippen molar-refractivity contribution in [1.29, 1.82) is 0 Å². The summed E-state index contributed by atoms with van der Waals surface area (Å²) in [6, 6.07) is 7.57. The Morgan fingerprint density at radius 1 is 1.13 bits per heavy atom. The van der Waals surface area contributed by atoms with E-state index in [1.54, 1.807) is 12.3 Å². The Balaban J connectivity index is 2.01. The van der Waals surface area contributed by atoms with Gasteiger partial charge in [0.05, 0.1) is 0 Å². The van der Waals surface area contributed by atoms with Crippen molar-refractivity contribution in [2.75, 3.05) is 17.2 Å². The van der Waals surface area contributed by atoms with E-state index in [1.807, 2.05) is 26.0 Å². The number of hydrogen-bond acceptors (Lipinski definition) is 4. The average Bonchev–Trinajstić information content (AvgIpc) is 2.51. The summed E-state index contributed by atoms with van der Waals surface area (Å²) in [5.74, 6) is 0.267. The van der Waals surface area contributed by atoms with Crippen molar-refractivity contribution >= 4 is 17.5 Å². The van der Waals surface area contributed by atoms with E-state index in [1.165, 1.54) is 12.8 Å². The molecule has 5 nitrogen and oxygen atoms in total. The lowest BCUT2D eigenvalue weighted by atomic mass is 10.1. The van der Waals surface area contributed by atoms with Crippen LogP contribution in [-0.2, 0) is 0 Å². The Kier molecular flexibility index (Phi) is 6.09. The number of carbonyl (C=O) groups excluding carboxylic acids is 1. The Hall–Kier alpha value is -2.43. The number of nitrogens with zero attached hydrogens (tertiary/aromatic N) is 2. The first-order chi connectivity index (χ1) is 11.1. The summed E-state index contributed by atoms with van der Waals surface area (Å²) in [4.78, 5) is 20.8. The number of anilines is 2.